The van der Waals surface area contributed by atoms with Crippen molar-refractivity contribution in [1.82, 2.24) is 5.32 Å². The molecule has 17 heavy (non-hydrogen) atoms. The summed E-state index contributed by atoms with van der Waals surface area (Å²) in [5, 5.41) is 6.58. The third-order valence-corrected chi connectivity index (χ3v) is 2.85. The quantitative estimate of drug-likeness (QED) is 0.566. The molecule has 1 aromatic heterocycles. The van der Waals surface area contributed by atoms with Crippen molar-refractivity contribution in [3.8, 4) is 0 Å². The van der Waals surface area contributed by atoms with Gasteiger partial charge in [-0.1, -0.05) is 0 Å². The van der Waals surface area contributed by atoms with Crippen LogP contribution in [0.5, 0.6) is 0 Å². The van der Waals surface area contributed by atoms with Crippen molar-refractivity contribution >= 4 is 23.2 Å². The molecule has 0 spiro atoms. The first-order valence-electron chi connectivity index (χ1n) is 5.36. The fourth-order valence-corrected chi connectivity index (χ4v) is 1.92. The molecule has 0 radical (unpaired) electrons. The zero-order valence-corrected chi connectivity index (χ0v) is 10.5. The smallest absolute Gasteiger partial charge is 0.332 e. The van der Waals surface area contributed by atoms with Crippen molar-refractivity contribution in [1.29, 1.82) is 0 Å². The van der Waals surface area contributed by atoms with E-state index in [9.17, 15) is 9.59 Å². The maximum Gasteiger partial charge on any atom is 0.332 e. The highest BCUT2D eigenvalue weighted by atomic mass is 32.1. The third-order valence-electron chi connectivity index (χ3n) is 2.12. The van der Waals surface area contributed by atoms with Gasteiger partial charge in [-0.05, 0) is 35.7 Å². The first-order valence-corrected chi connectivity index (χ1v) is 6.30. The van der Waals surface area contributed by atoms with Gasteiger partial charge in [0.15, 0.2) is 6.04 Å². The van der Waals surface area contributed by atoms with Crippen LogP contribution in [0.15, 0.2) is 16.8 Å². The topological polar surface area (TPSA) is 81.4 Å². The van der Waals surface area contributed by atoms with E-state index in [0.717, 1.165) is 12.0 Å². The van der Waals surface area contributed by atoms with E-state index in [1.807, 2.05) is 16.8 Å². The van der Waals surface area contributed by atoms with E-state index >= 15 is 0 Å². The molecule has 1 unspecified atom stereocenters. The van der Waals surface area contributed by atoms with E-state index in [4.69, 9.17) is 5.73 Å². The van der Waals surface area contributed by atoms with E-state index in [1.54, 1.807) is 18.3 Å². The van der Waals surface area contributed by atoms with Gasteiger partial charge in [0.25, 0.3) is 0 Å². The lowest BCUT2D eigenvalue weighted by molar-refractivity contribution is -0.147. The predicted molar refractivity (Wildman–Crippen MR) is 65.6 cm³/mol. The minimum atomic E-state index is -1.24. The summed E-state index contributed by atoms with van der Waals surface area (Å²) in [6, 6.07) is 0.750. The van der Waals surface area contributed by atoms with Gasteiger partial charge in [0.1, 0.15) is 0 Å². The fraction of sp³-hybridized carbons (Fsp3) is 0.455. The summed E-state index contributed by atoms with van der Waals surface area (Å²) in [6.07, 6.45) is 0.727. The van der Waals surface area contributed by atoms with Crippen molar-refractivity contribution < 1.29 is 14.3 Å². The molecule has 1 heterocycles. The number of carbonyl (C=O) groups is 2. The number of amides is 1. The van der Waals surface area contributed by atoms with Crippen LogP contribution < -0.4 is 11.1 Å². The molecule has 5 nitrogen and oxygen atoms in total. The van der Waals surface area contributed by atoms with Gasteiger partial charge in [0, 0.05) is 6.54 Å². The number of ether oxygens (including phenoxy) is 1. The highest BCUT2D eigenvalue weighted by Crippen LogP contribution is 2.05. The van der Waals surface area contributed by atoms with Gasteiger partial charge in [-0.15, -0.1) is 0 Å². The van der Waals surface area contributed by atoms with Gasteiger partial charge in [0.05, 0.1) is 6.61 Å². The SMILES string of the molecule is CCOC(=O)C(N)C(=O)NCCc1ccsc1. The summed E-state index contributed by atoms with van der Waals surface area (Å²) in [4.78, 5) is 22.6. The number of nitrogens with two attached hydrogens (primary N) is 1. The van der Waals surface area contributed by atoms with Crippen molar-refractivity contribution in [2.24, 2.45) is 5.73 Å². The molecule has 6 heteroatoms. The Morgan fingerprint density at radius 2 is 2.35 bits per heavy atom. The zero-order valence-electron chi connectivity index (χ0n) is 9.64. The molecule has 0 fully saturated rings. The van der Waals surface area contributed by atoms with Crippen molar-refractivity contribution in [3.05, 3.63) is 22.4 Å². The normalized spacial score (nSPS) is 11.9. The lowest BCUT2D eigenvalue weighted by Crippen LogP contribution is -2.47. The standard InChI is InChI=1S/C11H16N2O3S/c1-2-16-11(15)9(12)10(14)13-5-3-8-4-6-17-7-8/h4,6-7,9H,2-3,5,12H2,1H3,(H,13,14). The van der Waals surface area contributed by atoms with Gasteiger partial charge in [-0.2, -0.15) is 11.3 Å². The summed E-state index contributed by atoms with van der Waals surface area (Å²) in [5.74, 6) is -1.20. The molecule has 0 saturated heterocycles. The molecule has 1 rings (SSSR count). The first-order chi connectivity index (χ1) is 8.15. The van der Waals surface area contributed by atoms with Crippen LogP contribution in [0.25, 0.3) is 0 Å². The number of nitrogens with one attached hydrogen (secondary N) is 1. The molecule has 1 atom stereocenters. The predicted octanol–water partition coefficient (Wildman–Crippen LogP) is 0.297. The second-order valence-corrected chi connectivity index (χ2v) is 4.18. The van der Waals surface area contributed by atoms with Crippen LogP contribution in [-0.4, -0.2) is 31.1 Å². The van der Waals surface area contributed by atoms with Crippen LogP contribution >= 0.6 is 11.3 Å². The summed E-state index contributed by atoms with van der Waals surface area (Å²) >= 11 is 1.60. The largest absolute Gasteiger partial charge is 0.464 e. The van der Waals surface area contributed by atoms with E-state index in [-0.39, 0.29) is 6.61 Å². The maximum absolute atomic E-state index is 11.5. The number of thiophene rings is 1. The lowest BCUT2D eigenvalue weighted by atomic mass is 10.2. The Morgan fingerprint density at radius 3 is 2.94 bits per heavy atom. The number of rotatable bonds is 6. The van der Waals surface area contributed by atoms with Gasteiger partial charge in [-0.3, -0.25) is 4.79 Å². The summed E-state index contributed by atoms with van der Waals surface area (Å²) in [5.41, 5.74) is 6.57. The minimum absolute atomic E-state index is 0.217. The second kappa shape index (κ2) is 7.03. The maximum atomic E-state index is 11.5. The van der Waals surface area contributed by atoms with Crippen LogP contribution in [0, 0.1) is 0 Å². The minimum Gasteiger partial charge on any atom is -0.464 e. The second-order valence-electron chi connectivity index (χ2n) is 3.40. The van der Waals surface area contributed by atoms with Gasteiger partial charge >= 0.3 is 5.97 Å². The number of hydrogen-bond acceptors (Lipinski definition) is 5. The van der Waals surface area contributed by atoms with Gasteiger partial charge < -0.3 is 15.8 Å². The monoisotopic (exact) mass is 256 g/mol. The van der Waals surface area contributed by atoms with E-state index in [1.165, 1.54) is 0 Å². The summed E-state index contributed by atoms with van der Waals surface area (Å²) < 4.78 is 4.65. The van der Waals surface area contributed by atoms with Crippen molar-refractivity contribution in [2.75, 3.05) is 13.2 Å². The summed E-state index contributed by atoms with van der Waals surface area (Å²) in [7, 11) is 0. The number of hydrogen-bond donors (Lipinski definition) is 2. The Kier molecular flexibility index (Phi) is 5.65. The molecule has 0 aromatic carbocycles. The molecular weight excluding hydrogens is 240 g/mol. The fourth-order valence-electron chi connectivity index (χ4n) is 1.21. The molecule has 0 saturated carbocycles. The molecular formula is C11H16N2O3S. The van der Waals surface area contributed by atoms with Gasteiger partial charge in [0.2, 0.25) is 5.91 Å². The Morgan fingerprint density at radius 1 is 1.59 bits per heavy atom. The van der Waals surface area contributed by atoms with Crippen LogP contribution in [0.1, 0.15) is 12.5 Å². The Hall–Kier alpha value is -1.40. The molecule has 0 aliphatic carbocycles. The highest BCUT2D eigenvalue weighted by Gasteiger charge is 2.22. The Labute approximate surface area is 104 Å². The third kappa shape index (κ3) is 4.54. The van der Waals surface area contributed by atoms with Crippen LogP contribution in [0.4, 0.5) is 0 Å². The van der Waals surface area contributed by atoms with Crippen LogP contribution in [-0.2, 0) is 20.7 Å². The Balaban J connectivity index is 2.27. The van der Waals surface area contributed by atoms with E-state index < -0.39 is 17.9 Å². The Bertz CT molecular complexity index is 365. The molecule has 3 N–H and O–H groups in total. The molecule has 0 bridgehead atoms. The molecule has 0 aliphatic heterocycles. The first kappa shape index (κ1) is 13.7. The molecule has 1 aromatic rings. The van der Waals surface area contributed by atoms with Gasteiger partial charge in [-0.25, -0.2) is 4.79 Å². The van der Waals surface area contributed by atoms with Crippen LogP contribution in [0.2, 0.25) is 0 Å². The van der Waals surface area contributed by atoms with E-state index in [2.05, 4.69) is 10.1 Å². The van der Waals surface area contributed by atoms with E-state index in [0.29, 0.717) is 6.54 Å². The lowest BCUT2D eigenvalue weighted by Gasteiger charge is -2.10. The molecule has 0 aliphatic rings. The van der Waals surface area contributed by atoms with Crippen molar-refractivity contribution in [3.63, 3.8) is 0 Å². The average Bonchev–Trinajstić information content (AvgIpc) is 2.81. The number of carbonyl (C=O) groups excluding carboxylic acids is 2. The molecule has 1 amide bonds. The number of esters is 1. The van der Waals surface area contributed by atoms with Crippen LogP contribution in [0.3, 0.4) is 0 Å². The molecule has 94 valence electrons. The zero-order chi connectivity index (χ0) is 12.7. The average molecular weight is 256 g/mol. The highest BCUT2D eigenvalue weighted by molar-refractivity contribution is 7.07. The van der Waals surface area contributed by atoms with Crippen molar-refractivity contribution in [2.45, 2.75) is 19.4 Å². The summed E-state index contributed by atoms with van der Waals surface area (Å²) in [6.45, 7) is 2.34.